The Labute approximate surface area is 164 Å². The third kappa shape index (κ3) is 3.86. The van der Waals surface area contributed by atoms with Crippen LogP contribution in [0, 0.1) is 5.82 Å². The van der Waals surface area contributed by atoms with Crippen molar-refractivity contribution >= 4 is 39.1 Å². The quantitative estimate of drug-likeness (QED) is 0.427. The van der Waals surface area contributed by atoms with Crippen LogP contribution in [0.5, 0.6) is 5.88 Å². The lowest BCUT2D eigenvalue weighted by Crippen LogP contribution is -2.11. The molecular formula is C18H18FN7OS. The summed E-state index contributed by atoms with van der Waals surface area (Å²) >= 11 is 1.52. The number of pyridine rings is 1. The molecule has 0 amide bonds. The number of nitrogens with one attached hydrogen (secondary N) is 3. The molecule has 0 aromatic carbocycles. The van der Waals surface area contributed by atoms with Crippen molar-refractivity contribution in [2.24, 2.45) is 0 Å². The Hall–Kier alpha value is -3.27. The molecule has 0 radical (unpaired) electrons. The zero-order valence-electron chi connectivity index (χ0n) is 15.2. The fourth-order valence-electron chi connectivity index (χ4n) is 2.64. The first-order chi connectivity index (χ1) is 13.6. The molecule has 0 saturated carbocycles. The zero-order valence-corrected chi connectivity index (χ0v) is 16.0. The van der Waals surface area contributed by atoms with Gasteiger partial charge in [0.1, 0.15) is 22.3 Å². The van der Waals surface area contributed by atoms with E-state index in [1.807, 2.05) is 25.3 Å². The molecule has 1 atom stereocenters. The van der Waals surface area contributed by atoms with Crippen LogP contribution in [0.2, 0.25) is 0 Å². The van der Waals surface area contributed by atoms with Gasteiger partial charge >= 0.3 is 0 Å². The van der Waals surface area contributed by atoms with Gasteiger partial charge in [0.25, 0.3) is 0 Å². The van der Waals surface area contributed by atoms with E-state index in [1.165, 1.54) is 23.6 Å². The van der Waals surface area contributed by atoms with Crippen LogP contribution in [-0.4, -0.2) is 31.8 Å². The molecule has 10 heteroatoms. The van der Waals surface area contributed by atoms with E-state index in [0.717, 1.165) is 10.2 Å². The molecule has 0 aliphatic heterocycles. The van der Waals surface area contributed by atoms with E-state index in [4.69, 9.17) is 4.74 Å². The van der Waals surface area contributed by atoms with Gasteiger partial charge in [0.05, 0.1) is 29.9 Å². The number of thiophene rings is 1. The molecule has 4 aromatic rings. The highest BCUT2D eigenvalue weighted by molar-refractivity contribution is 7.16. The second kappa shape index (κ2) is 7.77. The molecule has 0 bridgehead atoms. The fraction of sp³-hybridized carbons (Fsp3) is 0.222. The highest BCUT2D eigenvalue weighted by Crippen LogP contribution is 2.29. The van der Waals surface area contributed by atoms with Gasteiger partial charge in [0.2, 0.25) is 11.8 Å². The molecule has 4 aromatic heterocycles. The molecular weight excluding hydrogens is 381 g/mol. The molecule has 0 aliphatic rings. The smallest absolute Gasteiger partial charge is 0.234 e. The average Bonchev–Trinajstić information content (AvgIpc) is 3.32. The molecule has 0 aliphatic carbocycles. The van der Waals surface area contributed by atoms with Crippen LogP contribution in [0.15, 0.2) is 35.8 Å². The van der Waals surface area contributed by atoms with Gasteiger partial charge < -0.3 is 15.4 Å². The normalized spacial score (nSPS) is 12.1. The Bertz CT molecular complexity index is 1080. The maximum absolute atomic E-state index is 13.1. The number of nitrogens with zero attached hydrogens (tertiary/aromatic N) is 4. The van der Waals surface area contributed by atoms with E-state index in [9.17, 15) is 4.39 Å². The van der Waals surface area contributed by atoms with Crippen LogP contribution in [0.4, 0.5) is 22.0 Å². The van der Waals surface area contributed by atoms with Gasteiger partial charge in [-0.2, -0.15) is 4.98 Å². The van der Waals surface area contributed by atoms with Gasteiger partial charge in [-0.25, -0.2) is 9.37 Å². The second-order valence-electron chi connectivity index (χ2n) is 5.98. The topological polar surface area (TPSA) is 101 Å². The molecule has 28 heavy (non-hydrogen) atoms. The Balaban J connectivity index is 1.60. The Morgan fingerprint density at radius 3 is 2.96 bits per heavy atom. The largest absolute Gasteiger partial charge is 0.477 e. The first kappa shape index (κ1) is 18.1. The summed E-state index contributed by atoms with van der Waals surface area (Å²) in [7, 11) is 0. The molecule has 4 heterocycles. The highest BCUT2D eigenvalue weighted by Gasteiger charge is 2.14. The number of aromatic nitrogens is 5. The van der Waals surface area contributed by atoms with Crippen molar-refractivity contribution in [2.75, 3.05) is 17.2 Å². The maximum atomic E-state index is 13.1. The molecule has 8 nitrogen and oxygen atoms in total. The molecule has 3 N–H and O–H groups in total. The van der Waals surface area contributed by atoms with Crippen LogP contribution < -0.4 is 15.4 Å². The molecule has 0 saturated heterocycles. The molecule has 0 spiro atoms. The summed E-state index contributed by atoms with van der Waals surface area (Å²) in [5.74, 6) is 1.88. The van der Waals surface area contributed by atoms with Crippen molar-refractivity contribution in [1.82, 2.24) is 25.1 Å². The van der Waals surface area contributed by atoms with Gasteiger partial charge in [-0.3, -0.25) is 10.1 Å². The third-order valence-electron chi connectivity index (χ3n) is 3.96. The van der Waals surface area contributed by atoms with E-state index in [-0.39, 0.29) is 11.9 Å². The second-order valence-corrected chi connectivity index (χ2v) is 6.87. The number of fused-ring (bicyclic) bond motifs is 1. The lowest BCUT2D eigenvalue weighted by molar-refractivity contribution is 0.326. The number of H-pyrrole nitrogens is 1. The Kier molecular flexibility index (Phi) is 5.02. The zero-order chi connectivity index (χ0) is 19.5. The maximum Gasteiger partial charge on any atom is 0.234 e. The Morgan fingerprint density at radius 2 is 2.18 bits per heavy atom. The van der Waals surface area contributed by atoms with E-state index in [1.54, 1.807) is 12.1 Å². The van der Waals surface area contributed by atoms with Crippen molar-refractivity contribution in [2.45, 2.75) is 19.9 Å². The lowest BCUT2D eigenvalue weighted by Gasteiger charge is -2.14. The lowest BCUT2D eigenvalue weighted by atomic mass is 10.2. The van der Waals surface area contributed by atoms with E-state index in [2.05, 4.69) is 35.8 Å². The molecule has 0 unspecified atom stereocenters. The molecule has 144 valence electrons. The van der Waals surface area contributed by atoms with Crippen LogP contribution >= 0.6 is 11.3 Å². The summed E-state index contributed by atoms with van der Waals surface area (Å²) in [6.45, 7) is 4.35. The summed E-state index contributed by atoms with van der Waals surface area (Å²) in [5, 5.41) is 16.3. The number of hydrogen-bond donors (Lipinski definition) is 3. The van der Waals surface area contributed by atoms with Gasteiger partial charge in [0.15, 0.2) is 0 Å². The summed E-state index contributed by atoms with van der Waals surface area (Å²) in [4.78, 5) is 14.1. The van der Waals surface area contributed by atoms with Gasteiger partial charge in [0, 0.05) is 6.07 Å². The average molecular weight is 399 g/mol. The van der Waals surface area contributed by atoms with Gasteiger partial charge in [-0.05, 0) is 37.4 Å². The number of anilines is 3. The molecule has 4 rings (SSSR count). The monoisotopic (exact) mass is 399 g/mol. The van der Waals surface area contributed by atoms with Gasteiger partial charge in [-0.1, -0.05) is 0 Å². The van der Waals surface area contributed by atoms with Crippen molar-refractivity contribution in [1.29, 1.82) is 0 Å². The van der Waals surface area contributed by atoms with Crippen molar-refractivity contribution in [3.63, 3.8) is 0 Å². The summed E-state index contributed by atoms with van der Waals surface area (Å²) in [6, 6.07) is 6.54. The SMILES string of the molecule is CCOc1cc(Nc2nc(N[C@@H](C)c3ccc(F)cn3)nc3sccc23)[nH]n1. The van der Waals surface area contributed by atoms with Crippen LogP contribution in [0.25, 0.3) is 10.2 Å². The number of ether oxygens (including phenoxy) is 1. The van der Waals surface area contributed by atoms with Gasteiger partial charge in [-0.15, -0.1) is 16.4 Å². The third-order valence-corrected chi connectivity index (χ3v) is 4.77. The van der Waals surface area contributed by atoms with E-state index in [0.29, 0.717) is 35.8 Å². The van der Waals surface area contributed by atoms with E-state index < -0.39 is 0 Å². The van der Waals surface area contributed by atoms with E-state index >= 15 is 0 Å². The first-order valence-electron chi connectivity index (χ1n) is 8.71. The highest BCUT2D eigenvalue weighted by atomic mass is 32.1. The summed E-state index contributed by atoms with van der Waals surface area (Å²) in [6.07, 6.45) is 1.19. The number of aromatic amines is 1. The summed E-state index contributed by atoms with van der Waals surface area (Å²) in [5.41, 5.74) is 0.695. The summed E-state index contributed by atoms with van der Waals surface area (Å²) < 4.78 is 18.5. The minimum atomic E-state index is -0.371. The standard InChI is InChI=1S/C18H18FN7OS/c1-3-27-15-8-14(25-26-15)22-16-12-6-7-28-17(12)24-18(23-16)21-10(2)13-5-4-11(19)9-20-13/h4-10H,3H2,1-2H3,(H3,21,22,23,24,25,26)/t10-/m0/s1. The Morgan fingerprint density at radius 1 is 1.29 bits per heavy atom. The van der Waals surface area contributed by atoms with Crippen molar-refractivity contribution in [3.05, 3.63) is 47.4 Å². The number of rotatable bonds is 7. The van der Waals surface area contributed by atoms with Crippen molar-refractivity contribution < 1.29 is 9.13 Å². The number of hydrogen-bond acceptors (Lipinski definition) is 8. The minimum absolute atomic E-state index is 0.192. The van der Waals surface area contributed by atoms with Crippen LogP contribution in [0.3, 0.4) is 0 Å². The molecule has 0 fully saturated rings. The number of halogens is 1. The minimum Gasteiger partial charge on any atom is -0.477 e. The first-order valence-corrected chi connectivity index (χ1v) is 9.59. The fourth-order valence-corrected chi connectivity index (χ4v) is 3.41. The van der Waals surface area contributed by atoms with Crippen LogP contribution in [0.1, 0.15) is 25.6 Å². The predicted molar refractivity (Wildman–Crippen MR) is 107 cm³/mol. The van der Waals surface area contributed by atoms with Crippen molar-refractivity contribution in [3.8, 4) is 5.88 Å². The predicted octanol–water partition coefficient (Wildman–Crippen LogP) is 4.26. The van der Waals surface area contributed by atoms with Crippen LogP contribution in [-0.2, 0) is 0 Å².